The Morgan fingerprint density at radius 1 is 0.714 bits per heavy atom. The van der Waals surface area contributed by atoms with Gasteiger partial charge in [-0.2, -0.15) is 0 Å². The van der Waals surface area contributed by atoms with Gasteiger partial charge < -0.3 is 18.9 Å². The Labute approximate surface area is 209 Å². The van der Waals surface area contributed by atoms with Crippen LogP contribution in [-0.4, -0.2) is 33.2 Å². The van der Waals surface area contributed by atoms with Crippen molar-refractivity contribution < 1.29 is 23.7 Å². The molecular formula is C30H38O5. The number of methoxy groups -OCH3 is 2. The molecule has 0 heterocycles. The first-order valence-electron chi connectivity index (χ1n) is 12.4. The van der Waals surface area contributed by atoms with Gasteiger partial charge in [-0.1, -0.05) is 39.8 Å². The topological polar surface area (TPSA) is 54.0 Å². The largest absolute Gasteiger partial charge is 0.493 e. The molecule has 188 valence electrons. The van der Waals surface area contributed by atoms with E-state index in [0.717, 1.165) is 41.5 Å². The van der Waals surface area contributed by atoms with Gasteiger partial charge in [-0.3, -0.25) is 4.79 Å². The van der Waals surface area contributed by atoms with Crippen LogP contribution in [-0.2, 0) is 4.79 Å². The van der Waals surface area contributed by atoms with Crippen LogP contribution in [0.1, 0.15) is 58.1 Å². The molecule has 0 atom stereocenters. The summed E-state index contributed by atoms with van der Waals surface area (Å²) >= 11 is 0. The van der Waals surface area contributed by atoms with Crippen LogP contribution in [0.15, 0.2) is 47.5 Å². The van der Waals surface area contributed by atoms with E-state index in [9.17, 15) is 4.79 Å². The molecule has 3 rings (SSSR count). The van der Waals surface area contributed by atoms with Crippen molar-refractivity contribution >= 4 is 17.9 Å². The Balaban J connectivity index is 1.80. The van der Waals surface area contributed by atoms with Crippen molar-refractivity contribution in [3.8, 4) is 23.0 Å². The quantitative estimate of drug-likeness (QED) is 0.344. The van der Waals surface area contributed by atoms with Crippen LogP contribution < -0.4 is 18.9 Å². The zero-order valence-electron chi connectivity index (χ0n) is 21.9. The molecule has 0 amide bonds. The van der Waals surface area contributed by atoms with E-state index < -0.39 is 0 Å². The van der Waals surface area contributed by atoms with E-state index in [1.54, 1.807) is 14.2 Å². The molecule has 0 aromatic heterocycles. The van der Waals surface area contributed by atoms with Crippen molar-refractivity contribution in [2.24, 2.45) is 11.8 Å². The standard InChI is InChI=1S/C30H38O5/c1-20(2)18-34-26-12-10-22(16-28(26)32-5)14-24-8-7-9-25(30(24)31)15-23-11-13-27(29(17-23)33-6)35-19-21(3)4/h10-17,20-21H,7-9,18-19H2,1-6H3/b24-14-,25-15+. The van der Waals surface area contributed by atoms with Gasteiger partial charge in [-0.05, 0) is 78.6 Å². The number of carbonyl (C=O) groups is 1. The van der Waals surface area contributed by atoms with Crippen LogP contribution in [0.3, 0.4) is 0 Å². The van der Waals surface area contributed by atoms with Crippen molar-refractivity contribution in [3.63, 3.8) is 0 Å². The van der Waals surface area contributed by atoms with Gasteiger partial charge in [-0.25, -0.2) is 0 Å². The van der Waals surface area contributed by atoms with Gasteiger partial charge in [-0.15, -0.1) is 0 Å². The molecule has 1 saturated carbocycles. The number of hydrogen-bond acceptors (Lipinski definition) is 5. The minimum absolute atomic E-state index is 0.0921. The molecule has 2 aromatic carbocycles. The molecule has 0 radical (unpaired) electrons. The summed E-state index contributed by atoms with van der Waals surface area (Å²) in [7, 11) is 3.27. The fraction of sp³-hybridized carbons (Fsp3) is 0.433. The van der Waals surface area contributed by atoms with Crippen LogP contribution in [0.5, 0.6) is 23.0 Å². The van der Waals surface area contributed by atoms with E-state index in [1.165, 1.54) is 0 Å². The van der Waals surface area contributed by atoms with Gasteiger partial charge in [0.2, 0.25) is 0 Å². The third-order valence-electron chi connectivity index (χ3n) is 5.68. The number of allylic oxidation sites excluding steroid dienone is 2. The number of rotatable bonds is 10. The Bertz CT molecular complexity index is 995. The molecule has 5 heteroatoms. The van der Waals surface area contributed by atoms with Crippen molar-refractivity contribution in [3.05, 3.63) is 58.7 Å². The zero-order chi connectivity index (χ0) is 25.4. The molecule has 0 spiro atoms. The fourth-order valence-electron chi connectivity index (χ4n) is 3.88. The van der Waals surface area contributed by atoms with Crippen LogP contribution >= 0.6 is 0 Å². The van der Waals surface area contributed by atoms with E-state index >= 15 is 0 Å². The van der Waals surface area contributed by atoms with Crippen LogP contribution in [0.25, 0.3) is 12.2 Å². The van der Waals surface area contributed by atoms with Crippen molar-refractivity contribution in [2.75, 3.05) is 27.4 Å². The Morgan fingerprint density at radius 2 is 1.14 bits per heavy atom. The lowest BCUT2D eigenvalue weighted by Crippen LogP contribution is -2.12. The number of ether oxygens (including phenoxy) is 4. The van der Waals surface area contributed by atoms with Gasteiger partial charge in [0.25, 0.3) is 0 Å². The normalized spacial score (nSPS) is 16.3. The van der Waals surface area contributed by atoms with E-state index in [2.05, 4.69) is 27.7 Å². The van der Waals surface area contributed by atoms with Crippen molar-refractivity contribution in [2.45, 2.75) is 47.0 Å². The van der Waals surface area contributed by atoms with E-state index in [4.69, 9.17) is 18.9 Å². The van der Waals surface area contributed by atoms with Crippen LogP contribution in [0.4, 0.5) is 0 Å². The minimum Gasteiger partial charge on any atom is -0.493 e. The highest BCUT2D eigenvalue weighted by Gasteiger charge is 2.21. The van der Waals surface area contributed by atoms with Gasteiger partial charge in [0.1, 0.15) is 0 Å². The van der Waals surface area contributed by atoms with Crippen molar-refractivity contribution in [1.82, 2.24) is 0 Å². The lowest BCUT2D eigenvalue weighted by Gasteiger charge is -2.18. The molecule has 0 bridgehead atoms. The second kappa shape index (κ2) is 12.5. The first kappa shape index (κ1) is 26.4. The summed E-state index contributed by atoms with van der Waals surface area (Å²) in [5, 5.41) is 0. The molecular weight excluding hydrogens is 440 g/mol. The second-order valence-corrected chi connectivity index (χ2v) is 9.75. The zero-order valence-corrected chi connectivity index (χ0v) is 21.9. The van der Waals surface area contributed by atoms with Crippen molar-refractivity contribution in [1.29, 1.82) is 0 Å². The summed E-state index contributed by atoms with van der Waals surface area (Å²) in [5.74, 6) is 3.72. The second-order valence-electron chi connectivity index (χ2n) is 9.75. The summed E-state index contributed by atoms with van der Waals surface area (Å²) in [4.78, 5) is 13.3. The molecule has 1 fully saturated rings. The summed E-state index contributed by atoms with van der Waals surface area (Å²) in [6, 6.07) is 11.6. The van der Waals surface area contributed by atoms with Gasteiger partial charge in [0.05, 0.1) is 27.4 Å². The number of benzene rings is 2. The van der Waals surface area contributed by atoms with Crippen LogP contribution in [0.2, 0.25) is 0 Å². The van der Waals surface area contributed by atoms with E-state index in [0.29, 0.717) is 48.0 Å². The molecule has 0 N–H and O–H groups in total. The van der Waals surface area contributed by atoms with E-state index in [-0.39, 0.29) is 5.78 Å². The Hall–Kier alpha value is -3.21. The number of carbonyl (C=O) groups excluding carboxylic acids is 1. The van der Waals surface area contributed by atoms with Gasteiger partial charge in [0.15, 0.2) is 28.8 Å². The molecule has 0 unspecified atom stereocenters. The molecule has 5 nitrogen and oxygen atoms in total. The molecule has 1 aliphatic rings. The SMILES string of the molecule is COc1cc(/C=C2/CCC/C(=C\c3ccc(OCC(C)C)c(OC)c3)C2=O)ccc1OCC(C)C. The average molecular weight is 479 g/mol. The lowest BCUT2D eigenvalue weighted by atomic mass is 9.87. The third-order valence-corrected chi connectivity index (χ3v) is 5.68. The maximum atomic E-state index is 13.3. The molecule has 2 aromatic rings. The maximum absolute atomic E-state index is 13.3. The Kier molecular flexibility index (Phi) is 9.41. The number of hydrogen-bond donors (Lipinski definition) is 0. The highest BCUT2D eigenvalue weighted by Crippen LogP contribution is 2.34. The molecule has 0 aliphatic heterocycles. The highest BCUT2D eigenvalue weighted by molar-refractivity contribution is 6.14. The number of Topliss-reactive ketones (excluding diaryl/α,β-unsaturated/α-hetero) is 1. The van der Waals surface area contributed by atoms with Gasteiger partial charge >= 0.3 is 0 Å². The first-order valence-corrected chi connectivity index (χ1v) is 12.4. The van der Waals surface area contributed by atoms with Gasteiger partial charge in [0, 0.05) is 11.1 Å². The lowest BCUT2D eigenvalue weighted by molar-refractivity contribution is -0.112. The summed E-state index contributed by atoms with van der Waals surface area (Å²) in [5.41, 5.74) is 3.47. The fourth-order valence-corrected chi connectivity index (χ4v) is 3.88. The molecule has 1 aliphatic carbocycles. The summed E-state index contributed by atoms with van der Waals surface area (Å²) in [6.07, 6.45) is 6.38. The average Bonchev–Trinajstić information content (AvgIpc) is 2.84. The smallest absolute Gasteiger partial charge is 0.185 e. The summed E-state index contributed by atoms with van der Waals surface area (Å²) in [6.45, 7) is 9.68. The molecule has 35 heavy (non-hydrogen) atoms. The third kappa shape index (κ3) is 7.38. The maximum Gasteiger partial charge on any atom is 0.185 e. The monoisotopic (exact) mass is 478 g/mol. The number of ketones is 1. The van der Waals surface area contributed by atoms with E-state index in [1.807, 2.05) is 48.6 Å². The summed E-state index contributed by atoms with van der Waals surface area (Å²) < 4.78 is 22.8. The first-order chi connectivity index (χ1) is 16.8. The Morgan fingerprint density at radius 3 is 1.51 bits per heavy atom. The predicted molar refractivity (Wildman–Crippen MR) is 141 cm³/mol. The van der Waals surface area contributed by atoms with Crippen LogP contribution in [0, 0.1) is 11.8 Å². The molecule has 0 saturated heterocycles. The minimum atomic E-state index is 0.0921. The predicted octanol–water partition coefficient (Wildman–Crippen LogP) is 6.99. The highest BCUT2D eigenvalue weighted by atomic mass is 16.5.